The molecule has 3 rings (SSSR count). The quantitative estimate of drug-likeness (QED) is 0.256. The van der Waals surface area contributed by atoms with Crippen LogP contribution in [0.25, 0.3) is 0 Å². The summed E-state index contributed by atoms with van der Waals surface area (Å²) in [6, 6.07) is 19.5. The fourth-order valence-corrected chi connectivity index (χ4v) is 2.95. The molecule has 5 nitrogen and oxygen atoms in total. The van der Waals surface area contributed by atoms with Gasteiger partial charge in [-0.15, -0.1) is 0 Å². The Balaban J connectivity index is 1.74. The lowest BCUT2D eigenvalue weighted by Gasteiger charge is -2.08. The SMILES string of the molecule is Cc1ccc(C(=O)Oc2ccc(Br)cc2/C=N\NC(=O)c2cccc(C)c2)cc1. The van der Waals surface area contributed by atoms with Crippen molar-refractivity contribution in [1.29, 1.82) is 0 Å². The average Bonchev–Trinajstić information content (AvgIpc) is 2.70. The summed E-state index contributed by atoms with van der Waals surface area (Å²) >= 11 is 3.39. The van der Waals surface area contributed by atoms with E-state index < -0.39 is 5.97 Å². The van der Waals surface area contributed by atoms with E-state index in [1.165, 1.54) is 6.21 Å². The number of hydrogen-bond acceptors (Lipinski definition) is 4. The third kappa shape index (κ3) is 5.62. The van der Waals surface area contributed by atoms with Gasteiger partial charge in [-0.25, -0.2) is 10.2 Å². The number of carbonyl (C=O) groups is 2. The molecule has 0 radical (unpaired) electrons. The summed E-state index contributed by atoms with van der Waals surface area (Å²) in [6.07, 6.45) is 1.44. The summed E-state index contributed by atoms with van der Waals surface area (Å²) in [7, 11) is 0. The van der Waals surface area contributed by atoms with Crippen molar-refractivity contribution in [1.82, 2.24) is 5.43 Å². The predicted octanol–water partition coefficient (Wildman–Crippen LogP) is 5.05. The molecule has 0 spiro atoms. The molecule has 3 aromatic carbocycles. The Kier molecular flexibility index (Phi) is 6.57. The second-order valence-electron chi connectivity index (χ2n) is 6.51. The number of aryl methyl sites for hydroxylation is 2. The highest BCUT2D eigenvalue weighted by Crippen LogP contribution is 2.23. The highest BCUT2D eigenvalue weighted by atomic mass is 79.9. The van der Waals surface area contributed by atoms with Crippen molar-refractivity contribution in [2.75, 3.05) is 0 Å². The van der Waals surface area contributed by atoms with Crippen LogP contribution in [-0.2, 0) is 0 Å². The van der Waals surface area contributed by atoms with Crippen molar-refractivity contribution in [3.63, 3.8) is 0 Å². The first-order chi connectivity index (χ1) is 13.9. The summed E-state index contributed by atoms with van der Waals surface area (Å²) in [5, 5.41) is 4.00. The van der Waals surface area contributed by atoms with Gasteiger partial charge in [-0.2, -0.15) is 5.10 Å². The van der Waals surface area contributed by atoms with Crippen LogP contribution in [0, 0.1) is 13.8 Å². The molecule has 0 bridgehead atoms. The van der Waals surface area contributed by atoms with Gasteiger partial charge in [0.05, 0.1) is 11.8 Å². The lowest BCUT2D eigenvalue weighted by Crippen LogP contribution is -2.17. The molecule has 1 amide bonds. The van der Waals surface area contributed by atoms with Gasteiger partial charge in [0.25, 0.3) is 5.91 Å². The molecule has 0 aliphatic rings. The third-order valence-corrected chi connectivity index (χ3v) is 4.61. The van der Waals surface area contributed by atoms with E-state index in [-0.39, 0.29) is 5.91 Å². The van der Waals surface area contributed by atoms with Crippen molar-refractivity contribution >= 4 is 34.0 Å². The van der Waals surface area contributed by atoms with Crippen molar-refractivity contribution in [3.05, 3.63) is 99.0 Å². The maximum absolute atomic E-state index is 12.4. The van der Waals surface area contributed by atoms with E-state index >= 15 is 0 Å². The van der Waals surface area contributed by atoms with Crippen LogP contribution >= 0.6 is 15.9 Å². The highest BCUT2D eigenvalue weighted by Gasteiger charge is 2.12. The van der Waals surface area contributed by atoms with Crippen LogP contribution in [0.4, 0.5) is 0 Å². The summed E-state index contributed by atoms with van der Waals surface area (Å²) in [5.74, 6) is -0.448. The summed E-state index contributed by atoms with van der Waals surface area (Å²) in [4.78, 5) is 24.6. The Morgan fingerprint density at radius 1 is 0.931 bits per heavy atom. The number of carbonyl (C=O) groups excluding carboxylic acids is 2. The number of ether oxygens (including phenoxy) is 1. The van der Waals surface area contributed by atoms with Crippen molar-refractivity contribution in [2.24, 2.45) is 5.10 Å². The first-order valence-electron chi connectivity index (χ1n) is 8.91. The molecule has 0 saturated carbocycles. The molecular formula is C23H19BrN2O3. The zero-order valence-electron chi connectivity index (χ0n) is 16.0. The first-order valence-corrected chi connectivity index (χ1v) is 9.70. The lowest BCUT2D eigenvalue weighted by atomic mass is 10.1. The van der Waals surface area contributed by atoms with Gasteiger partial charge >= 0.3 is 5.97 Å². The number of nitrogens with one attached hydrogen (secondary N) is 1. The standard InChI is InChI=1S/C23H19BrN2O3/c1-15-6-8-17(9-7-15)23(28)29-21-11-10-20(24)13-19(21)14-25-26-22(27)18-5-3-4-16(2)12-18/h3-14H,1-2H3,(H,26,27)/b25-14-. The minimum Gasteiger partial charge on any atom is -0.422 e. The first kappa shape index (κ1) is 20.5. The number of amides is 1. The van der Waals surface area contributed by atoms with Crippen LogP contribution in [0.3, 0.4) is 0 Å². The zero-order chi connectivity index (χ0) is 20.8. The zero-order valence-corrected chi connectivity index (χ0v) is 17.6. The monoisotopic (exact) mass is 450 g/mol. The summed E-state index contributed by atoms with van der Waals surface area (Å²) < 4.78 is 6.31. The van der Waals surface area contributed by atoms with Crippen molar-refractivity contribution in [3.8, 4) is 5.75 Å². The molecule has 0 aliphatic carbocycles. The second kappa shape index (κ2) is 9.30. The average molecular weight is 451 g/mol. The Morgan fingerprint density at radius 3 is 2.41 bits per heavy atom. The molecule has 0 saturated heterocycles. The third-order valence-electron chi connectivity index (χ3n) is 4.11. The molecule has 146 valence electrons. The van der Waals surface area contributed by atoms with Gasteiger partial charge in [0.15, 0.2) is 0 Å². The van der Waals surface area contributed by atoms with Crippen LogP contribution in [0.5, 0.6) is 5.75 Å². The van der Waals surface area contributed by atoms with E-state index in [9.17, 15) is 9.59 Å². The van der Waals surface area contributed by atoms with E-state index in [4.69, 9.17) is 4.74 Å². The van der Waals surface area contributed by atoms with Crippen molar-refractivity contribution < 1.29 is 14.3 Å². The Hall–Kier alpha value is -3.25. The topological polar surface area (TPSA) is 67.8 Å². The smallest absolute Gasteiger partial charge is 0.343 e. The van der Waals surface area contributed by atoms with E-state index in [0.29, 0.717) is 22.4 Å². The largest absolute Gasteiger partial charge is 0.422 e. The summed E-state index contributed by atoms with van der Waals surface area (Å²) in [5.41, 5.74) is 6.04. The number of rotatable bonds is 5. The van der Waals surface area contributed by atoms with Crippen molar-refractivity contribution in [2.45, 2.75) is 13.8 Å². The normalized spacial score (nSPS) is 10.7. The molecule has 1 N–H and O–H groups in total. The molecular weight excluding hydrogens is 432 g/mol. The van der Waals surface area contributed by atoms with Gasteiger partial charge in [-0.1, -0.05) is 51.3 Å². The van der Waals surface area contributed by atoms with Gasteiger partial charge in [-0.3, -0.25) is 4.79 Å². The minimum absolute atomic E-state index is 0.321. The minimum atomic E-state index is -0.467. The number of hydrazone groups is 1. The fraction of sp³-hybridized carbons (Fsp3) is 0.0870. The predicted molar refractivity (Wildman–Crippen MR) is 117 cm³/mol. The lowest BCUT2D eigenvalue weighted by molar-refractivity contribution is 0.0734. The maximum Gasteiger partial charge on any atom is 0.343 e. The molecule has 0 heterocycles. The highest BCUT2D eigenvalue weighted by molar-refractivity contribution is 9.10. The molecule has 0 unspecified atom stereocenters. The Morgan fingerprint density at radius 2 is 1.69 bits per heavy atom. The Bertz CT molecular complexity index is 1080. The van der Waals surface area contributed by atoms with E-state index in [2.05, 4.69) is 26.5 Å². The van der Waals surface area contributed by atoms with E-state index in [0.717, 1.165) is 15.6 Å². The van der Waals surface area contributed by atoms with Gasteiger partial charge < -0.3 is 4.74 Å². The van der Waals surface area contributed by atoms with Gasteiger partial charge in [-0.05, 0) is 56.3 Å². The number of esters is 1. The number of halogens is 1. The second-order valence-corrected chi connectivity index (χ2v) is 7.42. The molecule has 0 aliphatic heterocycles. The molecule has 0 fully saturated rings. The summed E-state index contributed by atoms with van der Waals surface area (Å²) in [6.45, 7) is 3.86. The fourth-order valence-electron chi connectivity index (χ4n) is 2.57. The number of hydrogen-bond donors (Lipinski definition) is 1. The molecule has 0 atom stereocenters. The Labute approximate surface area is 177 Å². The van der Waals surface area contributed by atoms with Gasteiger partial charge in [0.2, 0.25) is 0 Å². The van der Waals surface area contributed by atoms with Gasteiger partial charge in [0.1, 0.15) is 5.75 Å². The van der Waals surface area contributed by atoms with Gasteiger partial charge in [0, 0.05) is 15.6 Å². The molecule has 6 heteroatoms. The molecule has 3 aromatic rings. The number of nitrogens with zero attached hydrogens (tertiary/aromatic N) is 1. The van der Waals surface area contributed by atoms with E-state index in [1.807, 2.05) is 38.1 Å². The van der Waals surface area contributed by atoms with Crippen LogP contribution < -0.4 is 10.2 Å². The van der Waals surface area contributed by atoms with E-state index in [1.54, 1.807) is 42.5 Å². The maximum atomic E-state index is 12.4. The molecule has 0 aromatic heterocycles. The van der Waals surface area contributed by atoms with Crippen LogP contribution in [0.1, 0.15) is 37.4 Å². The number of benzene rings is 3. The van der Waals surface area contributed by atoms with Crippen LogP contribution in [0.15, 0.2) is 76.3 Å². The molecule has 29 heavy (non-hydrogen) atoms. The van der Waals surface area contributed by atoms with Crippen LogP contribution in [0.2, 0.25) is 0 Å². The van der Waals surface area contributed by atoms with Crippen LogP contribution in [-0.4, -0.2) is 18.1 Å².